The van der Waals surface area contributed by atoms with Crippen LogP contribution in [-0.2, 0) is 4.79 Å². The van der Waals surface area contributed by atoms with Crippen LogP contribution in [0.3, 0.4) is 0 Å². The largest absolute Gasteiger partial charge is 0.481 e. The lowest BCUT2D eigenvalue weighted by molar-refractivity contribution is -0.139. The first-order chi connectivity index (χ1) is 5.25. The van der Waals surface area contributed by atoms with Crippen molar-refractivity contribution in [2.75, 3.05) is 6.54 Å². The summed E-state index contributed by atoms with van der Waals surface area (Å²) >= 11 is 0. The van der Waals surface area contributed by atoms with E-state index >= 15 is 0 Å². The number of aliphatic carboxylic acids is 1. The molecule has 2 N–H and O–H groups in total. The van der Waals surface area contributed by atoms with E-state index in [1.165, 1.54) is 0 Å². The topological polar surface area (TPSA) is 49.3 Å². The molecule has 0 spiro atoms. The fourth-order valence-electron chi connectivity index (χ4n) is 2.40. The summed E-state index contributed by atoms with van der Waals surface area (Å²) in [6, 6.07) is 0.473. The van der Waals surface area contributed by atoms with Crippen LogP contribution in [0.2, 0.25) is 0 Å². The Labute approximate surface area is 65.8 Å². The minimum Gasteiger partial charge on any atom is -0.481 e. The lowest BCUT2D eigenvalue weighted by Gasteiger charge is -2.10. The minimum absolute atomic E-state index is 0.0267. The van der Waals surface area contributed by atoms with Gasteiger partial charge >= 0.3 is 5.97 Å². The fourth-order valence-corrected chi connectivity index (χ4v) is 2.40. The van der Waals surface area contributed by atoms with Crippen molar-refractivity contribution in [2.45, 2.75) is 19.4 Å². The second kappa shape index (κ2) is 2.21. The molecule has 0 radical (unpaired) electrons. The highest BCUT2D eigenvalue weighted by molar-refractivity contribution is 5.75. The third-order valence-corrected chi connectivity index (χ3v) is 3.03. The third-order valence-electron chi connectivity index (χ3n) is 3.03. The van der Waals surface area contributed by atoms with Gasteiger partial charge in [-0.15, -0.1) is 0 Å². The van der Waals surface area contributed by atoms with E-state index in [-0.39, 0.29) is 5.92 Å². The molecule has 0 aromatic heterocycles. The van der Waals surface area contributed by atoms with Crippen LogP contribution in [0.5, 0.6) is 0 Å². The van der Waals surface area contributed by atoms with Crippen molar-refractivity contribution in [3.63, 3.8) is 0 Å². The SMILES string of the molecule is CCC1NCC2C(C(=O)O)C12. The Balaban J connectivity index is 2.01. The van der Waals surface area contributed by atoms with Crippen molar-refractivity contribution in [1.29, 1.82) is 0 Å². The first-order valence-corrected chi connectivity index (χ1v) is 4.22. The highest BCUT2D eigenvalue weighted by Crippen LogP contribution is 2.52. The van der Waals surface area contributed by atoms with Crippen LogP contribution in [0.25, 0.3) is 0 Å². The zero-order valence-electron chi connectivity index (χ0n) is 6.58. The van der Waals surface area contributed by atoms with Crippen molar-refractivity contribution in [3.8, 4) is 0 Å². The Bertz CT molecular complexity index is 193. The van der Waals surface area contributed by atoms with Gasteiger partial charge in [-0.2, -0.15) is 0 Å². The molecule has 1 heterocycles. The van der Waals surface area contributed by atoms with Crippen LogP contribution in [0, 0.1) is 17.8 Å². The van der Waals surface area contributed by atoms with Gasteiger partial charge in [0, 0.05) is 6.04 Å². The summed E-state index contributed by atoms with van der Waals surface area (Å²) in [5, 5.41) is 12.1. The molecule has 4 atom stereocenters. The van der Waals surface area contributed by atoms with E-state index in [1.54, 1.807) is 0 Å². The second-order valence-corrected chi connectivity index (χ2v) is 3.53. The number of carbonyl (C=O) groups is 1. The van der Waals surface area contributed by atoms with Crippen LogP contribution in [-0.4, -0.2) is 23.7 Å². The summed E-state index contributed by atoms with van der Waals surface area (Å²) in [7, 11) is 0. The molecule has 4 unspecified atom stereocenters. The van der Waals surface area contributed by atoms with Crippen molar-refractivity contribution in [1.82, 2.24) is 5.32 Å². The highest BCUT2D eigenvalue weighted by atomic mass is 16.4. The predicted octanol–water partition coefficient (Wildman–Crippen LogP) is 0.315. The average molecular weight is 155 g/mol. The van der Waals surface area contributed by atoms with Gasteiger partial charge in [-0.1, -0.05) is 6.92 Å². The molecule has 0 amide bonds. The number of rotatable bonds is 2. The molecule has 0 bridgehead atoms. The Hall–Kier alpha value is -0.570. The van der Waals surface area contributed by atoms with Gasteiger partial charge in [-0.25, -0.2) is 0 Å². The number of carboxylic acids is 1. The molecule has 62 valence electrons. The molecular formula is C8H13NO2. The molecule has 0 aromatic carbocycles. The van der Waals surface area contributed by atoms with Crippen molar-refractivity contribution in [2.24, 2.45) is 17.8 Å². The second-order valence-electron chi connectivity index (χ2n) is 3.53. The van der Waals surface area contributed by atoms with E-state index in [0.29, 0.717) is 17.9 Å². The molecule has 1 aliphatic carbocycles. The molecule has 1 saturated heterocycles. The quantitative estimate of drug-likeness (QED) is 0.603. The Morgan fingerprint density at radius 1 is 1.73 bits per heavy atom. The molecule has 0 aromatic rings. The molecule has 2 aliphatic rings. The van der Waals surface area contributed by atoms with Gasteiger partial charge in [-0.3, -0.25) is 4.79 Å². The van der Waals surface area contributed by atoms with Gasteiger partial charge in [-0.05, 0) is 24.8 Å². The fraction of sp³-hybridized carbons (Fsp3) is 0.875. The molecule has 2 rings (SSSR count). The van der Waals surface area contributed by atoms with Gasteiger partial charge in [0.1, 0.15) is 0 Å². The lowest BCUT2D eigenvalue weighted by atomic mass is 10.1. The predicted molar refractivity (Wildman–Crippen MR) is 40.2 cm³/mol. The number of fused-ring (bicyclic) bond motifs is 1. The molecule has 3 heteroatoms. The zero-order chi connectivity index (χ0) is 8.01. The van der Waals surface area contributed by atoms with E-state index in [0.717, 1.165) is 13.0 Å². The van der Waals surface area contributed by atoms with Gasteiger partial charge < -0.3 is 10.4 Å². The molecule has 1 aliphatic heterocycles. The lowest BCUT2D eigenvalue weighted by Crippen LogP contribution is -2.29. The number of hydrogen-bond acceptors (Lipinski definition) is 2. The number of piperidine rings is 1. The van der Waals surface area contributed by atoms with E-state index in [2.05, 4.69) is 12.2 Å². The zero-order valence-corrected chi connectivity index (χ0v) is 6.58. The molecular weight excluding hydrogens is 142 g/mol. The number of nitrogens with one attached hydrogen (secondary N) is 1. The van der Waals surface area contributed by atoms with E-state index in [9.17, 15) is 4.79 Å². The highest BCUT2D eigenvalue weighted by Gasteiger charge is 2.61. The summed E-state index contributed by atoms with van der Waals surface area (Å²) in [6.07, 6.45) is 1.06. The minimum atomic E-state index is -0.597. The van der Waals surface area contributed by atoms with Gasteiger partial charge in [0.2, 0.25) is 0 Å². The van der Waals surface area contributed by atoms with E-state index < -0.39 is 5.97 Å². The van der Waals surface area contributed by atoms with Crippen LogP contribution < -0.4 is 5.32 Å². The maximum Gasteiger partial charge on any atom is 0.307 e. The van der Waals surface area contributed by atoms with Crippen LogP contribution in [0.4, 0.5) is 0 Å². The first kappa shape index (κ1) is 7.10. The number of hydrogen-bond donors (Lipinski definition) is 2. The van der Waals surface area contributed by atoms with Crippen molar-refractivity contribution in [3.05, 3.63) is 0 Å². The normalized spacial score (nSPS) is 47.0. The number of carboxylic acid groups (broad SMARTS) is 1. The first-order valence-electron chi connectivity index (χ1n) is 4.22. The van der Waals surface area contributed by atoms with Crippen LogP contribution in [0.15, 0.2) is 0 Å². The van der Waals surface area contributed by atoms with Gasteiger partial charge in [0.15, 0.2) is 0 Å². The van der Waals surface area contributed by atoms with Crippen molar-refractivity contribution >= 4 is 5.97 Å². The van der Waals surface area contributed by atoms with Crippen molar-refractivity contribution < 1.29 is 9.90 Å². The maximum absolute atomic E-state index is 10.6. The van der Waals surface area contributed by atoms with Crippen LogP contribution in [0.1, 0.15) is 13.3 Å². The Kier molecular flexibility index (Phi) is 1.42. The van der Waals surface area contributed by atoms with Crippen LogP contribution >= 0.6 is 0 Å². The Morgan fingerprint density at radius 3 is 2.91 bits per heavy atom. The molecule has 3 nitrogen and oxygen atoms in total. The van der Waals surface area contributed by atoms with Gasteiger partial charge in [0.05, 0.1) is 5.92 Å². The Morgan fingerprint density at radius 2 is 2.45 bits per heavy atom. The molecule has 11 heavy (non-hydrogen) atoms. The maximum atomic E-state index is 10.6. The standard InChI is InChI=1S/C8H13NO2/c1-2-5-6-4(3-9-5)7(6)8(10)11/h4-7,9H,2-3H2,1H3,(H,10,11). The molecule has 1 saturated carbocycles. The summed E-state index contributed by atoms with van der Waals surface area (Å²) in [5.41, 5.74) is 0. The summed E-state index contributed by atoms with van der Waals surface area (Å²) in [4.78, 5) is 10.6. The van der Waals surface area contributed by atoms with E-state index in [1.807, 2.05) is 0 Å². The monoisotopic (exact) mass is 155 g/mol. The smallest absolute Gasteiger partial charge is 0.307 e. The summed E-state index contributed by atoms with van der Waals surface area (Å²) in [5.74, 6) is 0.260. The molecule has 2 fully saturated rings. The van der Waals surface area contributed by atoms with E-state index in [4.69, 9.17) is 5.11 Å². The third kappa shape index (κ3) is 0.872. The average Bonchev–Trinajstić information content (AvgIpc) is 2.55. The summed E-state index contributed by atoms with van der Waals surface area (Å²) in [6.45, 7) is 3.03. The summed E-state index contributed by atoms with van der Waals surface area (Å²) < 4.78 is 0. The van der Waals surface area contributed by atoms with Gasteiger partial charge in [0.25, 0.3) is 0 Å².